The highest BCUT2D eigenvalue weighted by Crippen LogP contribution is 2.27. The maximum Gasteiger partial charge on any atom is 0.222 e. The van der Waals surface area contributed by atoms with E-state index in [0.717, 1.165) is 30.0 Å². The average Bonchev–Trinajstić information content (AvgIpc) is 2.34. The van der Waals surface area contributed by atoms with Crippen LogP contribution in [0.15, 0.2) is 30.3 Å². The van der Waals surface area contributed by atoms with E-state index in [0.29, 0.717) is 0 Å². The fourth-order valence-electron chi connectivity index (χ4n) is 1.93. The zero-order valence-electron chi connectivity index (χ0n) is 12.2. The molecule has 0 saturated heterocycles. The largest absolute Gasteiger partial charge is 0.471 e. The van der Waals surface area contributed by atoms with E-state index in [2.05, 4.69) is 35.4 Å². The second-order valence-electron chi connectivity index (χ2n) is 5.63. The molecule has 0 spiro atoms. The third kappa shape index (κ3) is 3.67. The molecule has 0 fully saturated rings. The molecule has 1 aromatic heterocycles. The van der Waals surface area contributed by atoms with E-state index in [1.165, 1.54) is 5.39 Å². The zero-order valence-corrected chi connectivity index (χ0v) is 12.2. The monoisotopic (exact) mass is 258 g/mol. The van der Waals surface area contributed by atoms with Crippen molar-refractivity contribution in [3.63, 3.8) is 0 Å². The molecule has 19 heavy (non-hydrogen) atoms. The summed E-state index contributed by atoms with van der Waals surface area (Å²) < 4.78 is 6.00. The van der Waals surface area contributed by atoms with E-state index in [4.69, 9.17) is 4.74 Å². The van der Waals surface area contributed by atoms with E-state index in [1.807, 2.05) is 32.9 Å². The molecule has 0 atom stereocenters. The Labute approximate surface area is 115 Å². The number of ether oxygens (including phenoxy) is 1. The first-order valence-corrected chi connectivity index (χ1v) is 6.78. The first-order chi connectivity index (χ1) is 8.99. The normalized spacial score (nSPS) is 11.8. The number of aromatic nitrogens is 1. The van der Waals surface area contributed by atoms with Gasteiger partial charge in [0.15, 0.2) is 0 Å². The van der Waals surface area contributed by atoms with Crippen molar-refractivity contribution in [1.29, 1.82) is 0 Å². The highest BCUT2D eigenvalue weighted by Gasteiger charge is 2.15. The van der Waals surface area contributed by atoms with Crippen LogP contribution < -0.4 is 10.1 Å². The van der Waals surface area contributed by atoms with Gasteiger partial charge in [-0.05, 0) is 44.8 Å². The molecule has 0 saturated carbocycles. The summed E-state index contributed by atoms with van der Waals surface area (Å²) in [7, 11) is 0. The van der Waals surface area contributed by atoms with Crippen LogP contribution in [0.4, 0.5) is 0 Å². The third-order valence-electron chi connectivity index (χ3n) is 2.72. The molecule has 0 aliphatic rings. The summed E-state index contributed by atoms with van der Waals surface area (Å²) in [5.74, 6) is 0.721. The standard InChI is InChI=1S/C16H22N2O/c1-5-17-11-13-10-12-8-6-7-9-14(12)15(18-13)19-16(2,3)4/h6-10,17H,5,11H2,1-4H3. The molecule has 0 radical (unpaired) electrons. The number of fused-ring (bicyclic) bond motifs is 1. The minimum absolute atomic E-state index is 0.243. The first kappa shape index (κ1) is 13.8. The zero-order chi connectivity index (χ0) is 13.9. The van der Waals surface area contributed by atoms with E-state index in [9.17, 15) is 0 Å². The van der Waals surface area contributed by atoms with E-state index in [-0.39, 0.29) is 5.60 Å². The molecule has 102 valence electrons. The number of hydrogen-bond acceptors (Lipinski definition) is 3. The van der Waals surface area contributed by atoms with Crippen molar-refractivity contribution in [3.8, 4) is 5.88 Å². The van der Waals surface area contributed by atoms with Crippen molar-refractivity contribution in [3.05, 3.63) is 36.0 Å². The highest BCUT2D eigenvalue weighted by atomic mass is 16.5. The van der Waals surface area contributed by atoms with Crippen molar-refractivity contribution in [1.82, 2.24) is 10.3 Å². The third-order valence-corrected chi connectivity index (χ3v) is 2.72. The smallest absolute Gasteiger partial charge is 0.222 e. The van der Waals surface area contributed by atoms with Crippen LogP contribution in [0.3, 0.4) is 0 Å². The van der Waals surface area contributed by atoms with Gasteiger partial charge in [0.25, 0.3) is 0 Å². The fourth-order valence-corrected chi connectivity index (χ4v) is 1.93. The van der Waals surface area contributed by atoms with Crippen molar-refractivity contribution in [2.45, 2.75) is 39.8 Å². The molecule has 1 aromatic carbocycles. The lowest BCUT2D eigenvalue weighted by Gasteiger charge is -2.22. The number of hydrogen-bond donors (Lipinski definition) is 1. The Morgan fingerprint density at radius 3 is 2.63 bits per heavy atom. The molecule has 0 aliphatic carbocycles. The van der Waals surface area contributed by atoms with Gasteiger partial charge in [-0.25, -0.2) is 4.98 Å². The number of benzene rings is 1. The summed E-state index contributed by atoms with van der Waals surface area (Å²) in [5.41, 5.74) is 0.770. The molecule has 0 bridgehead atoms. The first-order valence-electron chi connectivity index (χ1n) is 6.78. The van der Waals surface area contributed by atoms with Crippen LogP contribution in [0.25, 0.3) is 10.8 Å². The van der Waals surface area contributed by atoms with Gasteiger partial charge in [0, 0.05) is 11.9 Å². The summed E-state index contributed by atoms with van der Waals surface area (Å²) in [5, 5.41) is 5.54. The van der Waals surface area contributed by atoms with Crippen LogP contribution in [-0.4, -0.2) is 17.1 Å². The van der Waals surface area contributed by atoms with E-state index in [1.54, 1.807) is 0 Å². The van der Waals surface area contributed by atoms with Gasteiger partial charge >= 0.3 is 0 Å². The van der Waals surface area contributed by atoms with Gasteiger partial charge in [0.05, 0.1) is 5.69 Å². The average molecular weight is 258 g/mol. The summed E-state index contributed by atoms with van der Waals surface area (Å²) in [6, 6.07) is 10.3. The van der Waals surface area contributed by atoms with Crippen molar-refractivity contribution >= 4 is 10.8 Å². The Bertz CT molecular complexity index is 558. The van der Waals surface area contributed by atoms with Gasteiger partial charge in [-0.1, -0.05) is 25.1 Å². The maximum atomic E-state index is 6.00. The van der Waals surface area contributed by atoms with Gasteiger partial charge in [0.1, 0.15) is 5.60 Å². The molecule has 0 aliphatic heterocycles. The quantitative estimate of drug-likeness (QED) is 0.911. The molecule has 1 heterocycles. The lowest BCUT2D eigenvalue weighted by molar-refractivity contribution is 0.126. The number of nitrogens with zero attached hydrogens (tertiary/aromatic N) is 1. The summed E-state index contributed by atoms with van der Waals surface area (Å²) in [4.78, 5) is 4.64. The Balaban J connectivity index is 2.45. The van der Waals surface area contributed by atoms with Gasteiger partial charge in [0.2, 0.25) is 5.88 Å². The minimum Gasteiger partial charge on any atom is -0.471 e. The summed E-state index contributed by atoms with van der Waals surface area (Å²) >= 11 is 0. The maximum absolute atomic E-state index is 6.00. The van der Waals surface area contributed by atoms with E-state index < -0.39 is 0 Å². The minimum atomic E-state index is -0.243. The summed E-state index contributed by atoms with van der Waals surface area (Å²) in [6.45, 7) is 9.92. The van der Waals surface area contributed by atoms with Crippen molar-refractivity contribution in [2.24, 2.45) is 0 Å². The fraction of sp³-hybridized carbons (Fsp3) is 0.438. The van der Waals surface area contributed by atoms with Crippen LogP contribution in [-0.2, 0) is 6.54 Å². The molecular weight excluding hydrogens is 236 g/mol. The lowest BCUT2D eigenvalue weighted by Crippen LogP contribution is -2.24. The second-order valence-corrected chi connectivity index (χ2v) is 5.63. The number of rotatable bonds is 4. The van der Waals surface area contributed by atoms with Gasteiger partial charge in [-0.15, -0.1) is 0 Å². The number of nitrogens with one attached hydrogen (secondary N) is 1. The predicted molar refractivity (Wildman–Crippen MR) is 79.5 cm³/mol. The molecule has 3 heteroatoms. The van der Waals surface area contributed by atoms with Crippen LogP contribution in [0, 0.1) is 0 Å². The molecule has 3 nitrogen and oxygen atoms in total. The second kappa shape index (κ2) is 5.57. The highest BCUT2D eigenvalue weighted by molar-refractivity contribution is 5.87. The predicted octanol–water partition coefficient (Wildman–Crippen LogP) is 3.52. The van der Waals surface area contributed by atoms with Gasteiger partial charge < -0.3 is 10.1 Å². The Kier molecular flexibility index (Phi) is 4.05. The van der Waals surface area contributed by atoms with Crippen LogP contribution in [0.1, 0.15) is 33.4 Å². The molecular formula is C16H22N2O. The molecule has 2 rings (SSSR count). The van der Waals surface area contributed by atoms with Crippen molar-refractivity contribution < 1.29 is 4.74 Å². The molecule has 0 amide bonds. The SMILES string of the molecule is CCNCc1cc2ccccc2c(OC(C)(C)C)n1. The van der Waals surface area contributed by atoms with Gasteiger partial charge in [-0.2, -0.15) is 0 Å². The molecule has 2 aromatic rings. The lowest BCUT2D eigenvalue weighted by atomic mass is 10.1. The van der Waals surface area contributed by atoms with Crippen LogP contribution >= 0.6 is 0 Å². The number of pyridine rings is 1. The van der Waals surface area contributed by atoms with Crippen LogP contribution in [0.2, 0.25) is 0 Å². The summed E-state index contributed by atoms with van der Waals surface area (Å²) in [6.07, 6.45) is 0. The van der Waals surface area contributed by atoms with Crippen molar-refractivity contribution in [2.75, 3.05) is 6.54 Å². The van der Waals surface area contributed by atoms with Crippen LogP contribution in [0.5, 0.6) is 5.88 Å². The molecule has 1 N–H and O–H groups in total. The topological polar surface area (TPSA) is 34.1 Å². The Hall–Kier alpha value is -1.61. The van der Waals surface area contributed by atoms with E-state index >= 15 is 0 Å². The Morgan fingerprint density at radius 2 is 1.95 bits per heavy atom. The molecule has 0 unspecified atom stereocenters. The Morgan fingerprint density at radius 1 is 1.21 bits per heavy atom. The van der Waals surface area contributed by atoms with Gasteiger partial charge in [-0.3, -0.25) is 0 Å².